The third kappa shape index (κ3) is 3.06. The summed E-state index contributed by atoms with van der Waals surface area (Å²) in [5.41, 5.74) is 7.45. The van der Waals surface area contributed by atoms with Gasteiger partial charge in [0.2, 0.25) is 5.91 Å². The molecule has 2 rings (SSSR count). The first-order valence-corrected chi connectivity index (χ1v) is 6.66. The molecule has 1 atom stereocenters. The fourth-order valence-corrected chi connectivity index (χ4v) is 2.67. The lowest BCUT2D eigenvalue weighted by Gasteiger charge is -2.22. The van der Waals surface area contributed by atoms with E-state index in [0.29, 0.717) is 21.4 Å². The van der Waals surface area contributed by atoms with Crippen LogP contribution in [0.3, 0.4) is 0 Å². The highest BCUT2D eigenvalue weighted by Crippen LogP contribution is 2.38. The molecule has 0 spiro atoms. The summed E-state index contributed by atoms with van der Waals surface area (Å²) in [5.74, 6) is -0.318. The average Bonchev–Trinajstić information content (AvgIpc) is 2.61. The summed E-state index contributed by atoms with van der Waals surface area (Å²) >= 11 is 3.30. The first-order chi connectivity index (χ1) is 9.19. The Morgan fingerprint density at radius 3 is 2.70 bits per heavy atom. The molecule has 0 fully saturated rings. The summed E-state index contributed by atoms with van der Waals surface area (Å²) < 4.78 is 37.3. The van der Waals surface area contributed by atoms with E-state index in [0.717, 1.165) is 0 Å². The van der Waals surface area contributed by atoms with Crippen LogP contribution in [0.4, 0.5) is 24.5 Å². The van der Waals surface area contributed by atoms with Crippen molar-refractivity contribution in [3.05, 3.63) is 22.2 Å². The number of amides is 1. The number of hydrogen-bond acceptors (Lipinski definition) is 3. The van der Waals surface area contributed by atoms with Gasteiger partial charge in [0.1, 0.15) is 6.04 Å². The number of nitrogens with two attached hydrogens (primary N) is 1. The van der Waals surface area contributed by atoms with E-state index in [4.69, 9.17) is 5.73 Å². The highest BCUT2D eigenvalue weighted by atomic mass is 79.9. The maximum Gasteiger partial charge on any atom is 0.390 e. The van der Waals surface area contributed by atoms with Gasteiger partial charge in [-0.3, -0.25) is 4.79 Å². The molecule has 0 saturated heterocycles. The molecule has 1 aliphatic rings. The zero-order valence-corrected chi connectivity index (χ0v) is 12.2. The van der Waals surface area contributed by atoms with Gasteiger partial charge >= 0.3 is 6.18 Å². The van der Waals surface area contributed by atoms with E-state index in [9.17, 15) is 18.0 Å². The van der Waals surface area contributed by atoms with Crippen molar-refractivity contribution >= 4 is 33.2 Å². The van der Waals surface area contributed by atoms with E-state index in [1.54, 1.807) is 19.2 Å². The molecule has 1 aromatic carbocycles. The van der Waals surface area contributed by atoms with Crippen molar-refractivity contribution in [3.63, 3.8) is 0 Å². The van der Waals surface area contributed by atoms with Crippen LogP contribution in [-0.2, 0) is 4.79 Å². The van der Waals surface area contributed by atoms with Gasteiger partial charge in [0.05, 0.1) is 12.1 Å². The third-order valence-electron chi connectivity index (χ3n) is 3.14. The summed E-state index contributed by atoms with van der Waals surface area (Å²) in [6, 6.07) is 2.55. The van der Waals surface area contributed by atoms with E-state index in [1.165, 1.54) is 4.90 Å². The molecule has 4 nitrogen and oxygen atoms in total. The topological polar surface area (TPSA) is 58.4 Å². The Morgan fingerprint density at radius 1 is 1.45 bits per heavy atom. The predicted molar refractivity (Wildman–Crippen MR) is 73.6 cm³/mol. The van der Waals surface area contributed by atoms with Crippen molar-refractivity contribution in [2.75, 3.05) is 23.8 Å². The molecule has 1 heterocycles. The van der Waals surface area contributed by atoms with Crippen molar-refractivity contribution in [1.29, 1.82) is 0 Å². The maximum atomic E-state index is 12.2. The number of fused-ring (bicyclic) bond motifs is 1. The van der Waals surface area contributed by atoms with Crippen molar-refractivity contribution in [2.24, 2.45) is 5.73 Å². The highest BCUT2D eigenvalue weighted by molar-refractivity contribution is 9.10. The zero-order valence-electron chi connectivity index (χ0n) is 10.6. The van der Waals surface area contributed by atoms with Gasteiger partial charge < -0.3 is 16.0 Å². The van der Waals surface area contributed by atoms with E-state index in [1.807, 2.05) is 0 Å². The van der Waals surface area contributed by atoms with Crippen molar-refractivity contribution in [1.82, 2.24) is 0 Å². The van der Waals surface area contributed by atoms with E-state index >= 15 is 0 Å². The molecule has 1 aromatic rings. The van der Waals surface area contributed by atoms with Gasteiger partial charge in [-0.2, -0.15) is 13.2 Å². The molecule has 3 N–H and O–H groups in total. The molecule has 0 aliphatic carbocycles. The Kier molecular flexibility index (Phi) is 3.97. The van der Waals surface area contributed by atoms with Gasteiger partial charge in [-0.25, -0.2) is 0 Å². The largest absolute Gasteiger partial charge is 0.390 e. The van der Waals surface area contributed by atoms with Crippen molar-refractivity contribution in [3.8, 4) is 0 Å². The molecule has 8 heteroatoms. The number of nitrogens with zero attached hydrogens (tertiary/aromatic N) is 1. The Labute approximate surface area is 122 Å². The van der Waals surface area contributed by atoms with E-state index in [2.05, 4.69) is 21.2 Å². The number of halogens is 4. The Hall–Kier alpha value is -1.28. The molecule has 1 unspecified atom stereocenters. The van der Waals surface area contributed by atoms with Crippen LogP contribution in [0.5, 0.6) is 0 Å². The normalized spacial score (nSPS) is 17.9. The number of alkyl halides is 3. The van der Waals surface area contributed by atoms with Crippen molar-refractivity contribution in [2.45, 2.75) is 18.6 Å². The molecule has 20 heavy (non-hydrogen) atoms. The molecule has 110 valence electrons. The van der Waals surface area contributed by atoms with Gasteiger partial charge in [0, 0.05) is 29.3 Å². The lowest BCUT2D eigenvalue weighted by molar-refractivity contribution is -0.132. The van der Waals surface area contributed by atoms with E-state index in [-0.39, 0.29) is 12.5 Å². The number of nitrogens with one attached hydrogen (secondary N) is 1. The van der Waals surface area contributed by atoms with Crippen LogP contribution in [0.15, 0.2) is 16.6 Å². The SMILES string of the molecule is CN(CCC(F)(F)F)c1cc2c(cc1Br)C(N)C(=O)N2. The monoisotopic (exact) mass is 351 g/mol. The van der Waals surface area contributed by atoms with Crippen LogP contribution in [0.2, 0.25) is 0 Å². The number of carbonyl (C=O) groups is 1. The number of rotatable bonds is 3. The minimum Gasteiger partial charge on any atom is -0.373 e. The molecule has 1 aliphatic heterocycles. The van der Waals surface area contributed by atoms with Crippen molar-refractivity contribution < 1.29 is 18.0 Å². The van der Waals surface area contributed by atoms with Gasteiger partial charge in [0.15, 0.2) is 0 Å². The molecule has 0 radical (unpaired) electrons. The highest BCUT2D eigenvalue weighted by Gasteiger charge is 2.30. The van der Waals surface area contributed by atoms with Crippen LogP contribution in [-0.4, -0.2) is 25.7 Å². The zero-order chi connectivity index (χ0) is 15.1. The molecule has 0 saturated carbocycles. The first-order valence-electron chi connectivity index (χ1n) is 5.87. The maximum absolute atomic E-state index is 12.2. The van der Waals surface area contributed by atoms with Crippen LogP contribution in [0, 0.1) is 0 Å². The summed E-state index contributed by atoms with van der Waals surface area (Å²) in [7, 11) is 1.56. The Balaban J connectivity index is 2.22. The van der Waals surface area contributed by atoms with Gasteiger partial charge in [-0.05, 0) is 28.1 Å². The fraction of sp³-hybridized carbons (Fsp3) is 0.417. The van der Waals surface area contributed by atoms with Gasteiger partial charge in [-0.15, -0.1) is 0 Å². The van der Waals surface area contributed by atoms with Crippen LogP contribution >= 0.6 is 15.9 Å². The standard InChI is InChI=1S/C12H13BrF3N3O/c1-19(3-2-12(14,15)16)9-5-8-6(4-7(9)13)10(17)11(20)18-8/h4-5,10H,2-3,17H2,1H3,(H,18,20). The van der Waals surface area contributed by atoms with E-state index < -0.39 is 18.6 Å². The lowest BCUT2D eigenvalue weighted by Crippen LogP contribution is -2.24. The number of carbonyl (C=O) groups excluding carboxylic acids is 1. The Morgan fingerprint density at radius 2 is 2.10 bits per heavy atom. The second-order valence-electron chi connectivity index (χ2n) is 4.64. The van der Waals surface area contributed by atoms with Gasteiger partial charge in [-0.1, -0.05) is 0 Å². The molecular formula is C12H13BrF3N3O. The molecule has 0 aromatic heterocycles. The molecule has 1 amide bonds. The summed E-state index contributed by atoms with van der Waals surface area (Å²) in [6.07, 6.45) is -5.10. The van der Waals surface area contributed by atoms with Crippen LogP contribution in [0.25, 0.3) is 0 Å². The predicted octanol–water partition coefficient (Wildman–Crippen LogP) is 2.79. The quantitative estimate of drug-likeness (QED) is 0.880. The average molecular weight is 352 g/mol. The number of hydrogen-bond donors (Lipinski definition) is 2. The first kappa shape index (κ1) is 15.1. The summed E-state index contributed by atoms with van der Waals surface area (Å²) in [5, 5.41) is 2.61. The summed E-state index contributed by atoms with van der Waals surface area (Å²) in [6.45, 7) is -0.166. The third-order valence-corrected chi connectivity index (χ3v) is 3.77. The second kappa shape index (κ2) is 5.25. The fourth-order valence-electron chi connectivity index (χ4n) is 2.00. The Bertz CT molecular complexity index is 547. The molecular weight excluding hydrogens is 339 g/mol. The lowest BCUT2D eigenvalue weighted by atomic mass is 10.1. The van der Waals surface area contributed by atoms with Crippen LogP contribution < -0.4 is 16.0 Å². The molecule has 0 bridgehead atoms. The minimum absolute atomic E-state index is 0.166. The number of benzene rings is 1. The number of anilines is 2. The smallest absolute Gasteiger partial charge is 0.373 e. The summed E-state index contributed by atoms with van der Waals surface area (Å²) in [4.78, 5) is 12.9. The second-order valence-corrected chi connectivity index (χ2v) is 5.50. The minimum atomic E-state index is -4.20. The van der Waals surface area contributed by atoms with Gasteiger partial charge in [0.25, 0.3) is 0 Å². The van der Waals surface area contributed by atoms with Crippen LogP contribution in [0.1, 0.15) is 18.0 Å².